The molecular formula is C8H20N2O3Si. The SMILES string of the molecule is CO[Si](CCCN/C=C/N)(OC)OC. The van der Waals surface area contributed by atoms with E-state index in [-0.39, 0.29) is 0 Å². The molecule has 0 saturated carbocycles. The van der Waals surface area contributed by atoms with Gasteiger partial charge in [0.25, 0.3) is 0 Å². The molecule has 0 radical (unpaired) electrons. The molecule has 5 nitrogen and oxygen atoms in total. The van der Waals surface area contributed by atoms with Crippen molar-refractivity contribution in [2.45, 2.75) is 12.5 Å². The zero-order valence-corrected chi connectivity index (χ0v) is 10.1. The fourth-order valence-corrected chi connectivity index (χ4v) is 2.84. The van der Waals surface area contributed by atoms with Gasteiger partial charge in [0.15, 0.2) is 0 Å². The van der Waals surface area contributed by atoms with Crippen LogP contribution in [0.5, 0.6) is 0 Å². The van der Waals surface area contributed by atoms with E-state index in [0.29, 0.717) is 0 Å². The van der Waals surface area contributed by atoms with Crippen molar-refractivity contribution in [3.8, 4) is 0 Å². The van der Waals surface area contributed by atoms with Crippen LogP contribution in [0.15, 0.2) is 12.4 Å². The van der Waals surface area contributed by atoms with E-state index in [1.807, 2.05) is 0 Å². The molecule has 3 N–H and O–H groups in total. The van der Waals surface area contributed by atoms with Crippen molar-refractivity contribution in [3.63, 3.8) is 0 Å². The molecule has 6 heteroatoms. The highest BCUT2D eigenvalue weighted by Gasteiger charge is 2.36. The highest BCUT2D eigenvalue weighted by atomic mass is 28.4. The van der Waals surface area contributed by atoms with Crippen molar-refractivity contribution >= 4 is 8.80 Å². The van der Waals surface area contributed by atoms with Crippen LogP contribution in [0.25, 0.3) is 0 Å². The van der Waals surface area contributed by atoms with E-state index >= 15 is 0 Å². The third kappa shape index (κ3) is 4.61. The van der Waals surface area contributed by atoms with E-state index < -0.39 is 8.80 Å². The summed E-state index contributed by atoms with van der Waals surface area (Å²) in [4.78, 5) is 0. The summed E-state index contributed by atoms with van der Waals surface area (Å²) in [6.45, 7) is 0.832. The predicted octanol–water partition coefficient (Wildman–Crippen LogP) is 0.274. The zero-order chi connectivity index (χ0) is 10.9. The Hall–Kier alpha value is -0.563. The summed E-state index contributed by atoms with van der Waals surface area (Å²) in [6, 6.07) is 0.794. The number of nitrogens with two attached hydrogens (primary N) is 1. The third-order valence-corrected chi connectivity index (χ3v) is 4.78. The van der Waals surface area contributed by atoms with Gasteiger partial charge < -0.3 is 24.3 Å². The largest absolute Gasteiger partial charge is 0.500 e. The molecule has 14 heavy (non-hydrogen) atoms. The third-order valence-electron chi connectivity index (χ3n) is 1.95. The Bertz CT molecular complexity index is 154. The number of hydrogen-bond donors (Lipinski definition) is 2. The molecule has 84 valence electrons. The number of nitrogens with one attached hydrogen (secondary N) is 1. The van der Waals surface area contributed by atoms with Gasteiger partial charge in [0.2, 0.25) is 0 Å². The Labute approximate surface area is 86.6 Å². The molecule has 0 aliphatic carbocycles. The molecule has 0 amide bonds. The average molecular weight is 220 g/mol. The number of hydrogen-bond acceptors (Lipinski definition) is 5. The molecule has 0 aromatic heterocycles. The molecule has 0 atom stereocenters. The fraction of sp³-hybridized carbons (Fsp3) is 0.750. The monoisotopic (exact) mass is 220 g/mol. The maximum absolute atomic E-state index is 5.27. The Morgan fingerprint density at radius 2 is 1.79 bits per heavy atom. The van der Waals surface area contributed by atoms with E-state index in [2.05, 4.69) is 5.32 Å². The molecule has 0 rings (SSSR count). The second-order valence-corrected chi connectivity index (χ2v) is 5.80. The molecule has 0 aliphatic rings. The highest BCUT2D eigenvalue weighted by molar-refractivity contribution is 6.60. The first kappa shape index (κ1) is 13.4. The lowest BCUT2D eigenvalue weighted by Crippen LogP contribution is -2.43. The summed E-state index contributed by atoms with van der Waals surface area (Å²) >= 11 is 0. The Morgan fingerprint density at radius 1 is 1.21 bits per heavy atom. The molecule has 0 aromatic rings. The van der Waals surface area contributed by atoms with Gasteiger partial charge in [-0.1, -0.05) is 0 Å². The second-order valence-electron chi connectivity index (χ2n) is 2.71. The quantitative estimate of drug-likeness (QED) is 0.454. The van der Waals surface area contributed by atoms with Gasteiger partial charge in [-0.3, -0.25) is 0 Å². The lowest BCUT2D eigenvalue weighted by Gasteiger charge is -2.24. The molecule has 0 heterocycles. The van der Waals surface area contributed by atoms with Crippen molar-refractivity contribution in [1.82, 2.24) is 5.32 Å². The van der Waals surface area contributed by atoms with Crippen LogP contribution in [-0.4, -0.2) is 36.7 Å². The molecule has 0 aliphatic heterocycles. The van der Waals surface area contributed by atoms with E-state index in [1.54, 1.807) is 27.5 Å². The maximum atomic E-state index is 5.27. The van der Waals surface area contributed by atoms with Crippen molar-refractivity contribution < 1.29 is 13.3 Å². The van der Waals surface area contributed by atoms with Crippen LogP contribution in [0.1, 0.15) is 6.42 Å². The smallest absolute Gasteiger partial charge is 0.403 e. The van der Waals surface area contributed by atoms with Crippen LogP contribution in [0.4, 0.5) is 0 Å². The average Bonchev–Trinajstić information content (AvgIpc) is 2.24. The van der Waals surface area contributed by atoms with Crippen molar-refractivity contribution in [3.05, 3.63) is 12.4 Å². The van der Waals surface area contributed by atoms with Crippen LogP contribution < -0.4 is 11.1 Å². The molecule has 0 saturated heterocycles. The van der Waals surface area contributed by atoms with Crippen LogP contribution in [0, 0.1) is 0 Å². The Balaban J connectivity index is 3.71. The molecular weight excluding hydrogens is 200 g/mol. The molecule has 0 spiro atoms. The van der Waals surface area contributed by atoms with Gasteiger partial charge in [-0.05, 0) is 6.42 Å². The van der Waals surface area contributed by atoms with Crippen LogP contribution in [0.2, 0.25) is 6.04 Å². The Kier molecular flexibility index (Phi) is 7.49. The molecule has 0 fully saturated rings. The minimum atomic E-state index is -2.37. The van der Waals surface area contributed by atoms with E-state index in [4.69, 9.17) is 19.0 Å². The lowest BCUT2D eigenvalue weighted by atomic mass is 10.5. The van der Waals surface area contributed by atoms with Gasteiger partial charge in [-0.15, -0.1) is 0 Å². The summed E-state index contributed by atoms with van der Waals surface area (Å²) in [5.41, 5.74) is 5.17. The van der Waals surface area contributed by atoms with Crippen molar-refractivity contribution in [2.75, 3.05) is 27.9 Å². The number of rotatable bonds is 8. The zero-order valence-electron chi connectivity index (χ0n) is 9.08. The minimum absolute atomic E-state index is 0.794. The first-order valence-corrected chi connectivity index (χ1v) is 6.43. The summed E-state index contributed by atoms with van der Waals surface area (Å²) < 4.78 is 15.8. The van der Waals surface area contributed by atoms with Crippen molar-refractivity contribution in [2.24, 2.45) is 5.73 Å². The summed E-state index contributed by atoms with van der Waals surface area (Å²) in [6.07, 6.45) is 4.09. The first-order valence-electron chi connectivity index (χ1n) is 4.50. The summed E-state index contributed by atoms with van der Waals surface area (Å²) in [5, 5.41) is 3.03. The van der Waals surface area contributed by atoms with Gasteiger partial charge in [0.05, 0.1) is 0 Å². The molecule has 0 bridgehead atoms. The van der Waals surface area contributed by atoms with E-state index in [1.165, 1.54) is 6.20 Å². The van der Waals surface area contributed by atoms with E-state index in [0.717, 1.165) is 19.0 Å². The highest BCUT2D eigenvalue weighted by Crippen LogP contribution is 2.14. The van der Waals surface area contributed by atoms with E-state index in [9.17, 15) is 0 Å². The molecule has 0 aromatic carbocycles. The second kappa shape index (κ2) is 7.81. The lowest BCUT2D eigenvalue weighted by molar-refractivity contribution is 0.123. The van der Waals surface area contributed by atoms with Crippen LogP contribution >= 0.6 is 0 Å². The van der Waals surface area contributed by atoms with Gasteiger partial charge in [0, 0.05) is 46.3 Å². The topological polar surface area (TPSA) is 65.7 Å². The van der Waals surface area contributed by atoms with Crippen molar-refractivity contribution in [1.29, 1.82) is 0 Å². The standard InChI is InChI=1S/C8H20N2O3Si/c1-11-14(12-2,13-3)8-4-6-10-7-5-9/h5,7,10H,4,6,8-9H2,1-3H3/b7-5+. The minimum Gasteiger partial charge on any atom is -0.403 e. The van der Waals surface area contributed by atoms with Crippen LogP contribution in [-0.2, 0) is 13.3 Å². The van der Waals surface area contributed by atoms with Gasteiger partial charge in [-0.2, -0.15) is 0 Å². The summed E-state index contributed by atoms with van der Waals surface area (Å²) in [5.74, 6) is 0. The summed E-state index contributed by atoms with van der Waals surface area (Å²) in [7, 11) is 2.48. The maximum Gasteiger partial charge on any atom is 0.500 e. The molecule has 0 unspecified atom stereocenters. The first-order chi connectivity index (χ1) is 6.74. The van der Waals surface area contributed by atoms with Gasteiger partial charge in [0.1, 0.15) is 0 Å². The normalized spacial score (nSPS) is 12.2. The fourth-order valence-electron chi connectivity index (χ4n) is 1.11. The van der Waals surface area contributed by atoms with Crippen LogP contribution in [0.3, 0.4) is 0 Å². The van der Waals surface area contributed by atoms with Gasteiger partial charge >= 0.3 is 8.80 Å². The predicted molar refractivity (Wildman–Crippen MR) is 57.5 cm³/mol. The Morgan fingerprint density at radius 3 is 2.21 bits per heavy atom. The van der Waals surface area contributed by atoms with Gasteiger partial charge in [-0.25, -0.2) is 0 Å².